The smallest absolute Gasteiger partial charge is 0.0395 e. The molecular weight excluding hydrogens is 232 g/mol. The van der Waals surface area contributed by atoms with E-state index in [4.69, 9.17) is 0 Å². The summed E-state index contributed by atoms with van der Waals surface area (Å²) in [7, 11) is 0. The lowest BCUT2D eigenvalue weighted by atomic mass is 9.93. The lowest BCUT2D eigenvalue weighted by Crippen LogP contribution is -2.29. The Kier molecular flexibility index (Phi) is 5.71. The maximum absolute atomic E-state index is 3.45. The van der Waals surface area contributed by atoms with Crippen LogP contribution in [0.4, 0.5) is 5.69 Å². The highest BCUT2D eigenvalue weighted by Crippen LogP contribution is 2.22. The SMILES string of the molecule is CCN(CCCC1CCNCC1)c1ccccc1C. The van der Waals surface area contributed by atoms with Gasteiger partial charge >= 0.3 is 0 Å². The molecule has 106 valence electrons. The van der Waals surface area contributed by atoms with E-state index in [9.17, 15) is 0 Å². The van der Waals surface area contributed by atoms with Crippen molar-refractivity contribution >= 4 is 5.69 Å². The van der Waals surface area contributed by atoms with Crippen molar-refractivity contribution in [2.24, 2.45) is 5.92 Å². The zero-order chi connectivity index (χ0) is 13.5. The average molecular weight is 260 g/mol. The van der Waals surface area contributed by atoms with Gasteiger partial charge in [0.1, 0.15) is 0 Å². The molecule has 1 heterocycles. The molecule has 1 aromatic rings. The summed E-state index contributed by atoms with van der Waals surface area (Å²) in [5.41, 5.74) is 2.81. The van der Waals surface area contributed by atoms with Crippen LogP contribution in [0.25, 0.3) is 0 Å². The van der Waals surface area contributed by atoms with Gasteiger partial charge in [-0.05, 0) is 70.2 Å². The molecule has 0 unspecified atom stereocenters. The number of hydrogen-bond acceptors (Lipinski definition) is 2. The van der Waals surface area contributed by atoms with E-state index in [0.717, 1.165) is 12.5 Å². The third-order valence-corrected chi connectivity index (χ3v) is 4.34. The highest BCUT2D eigenvalue weighted by Gasteiger charge is 2.13. The second kappa shape index (κ2) is 7.54. The normalized spacial score (nSPS) is 16.5. The van der Waals surface area contributed by atoms with E-state index >= 15 is 0 Å². The van der Waals surface area contributed by atoms with Gasteiger partial charge < -0.3 is 10.2 Å². The van der Waals surface area contributed by atoms with Crippen LogP contribution in [0.3, 0.4) is 0 Å². The van der Waals surface area contributed by atoms with E-state index in [1.165, 1.54) is 56.6 Å². The van der Waals surface area contributed by atoms with Crippen molar-refractivity contribution in [2.45, 2.75) is 39.5 Å². The molecule has 0 aromatic heterocycles. The van der Waals surface area contributed by atoms with E-state index in [1.807, 2.05) is 0 Å². The molecule has 0 radical (unpaired) electrons. The third kappa shape index (κ3) is 4.24. The lowest BCUT2D eigenvalue weighted by Gasteiger charge is -2.27. The molecule has 0 amide bonds. The summed E-state index contributed by atoms with van der Waals surface area (Å²) in [6.07, 6.45) is 5.46. The van der Waals surface area contributed by atoms with Gasteiger partial charge in [0.05, 0.1) is 0 Å². The minimum atomic E-state index is 0.955. The van der Waals surface area contributed by atoms with Crippen molar-refractivity contribution in [1.29, 1.82) is 0 Å². The van der Waals surface area contributed by atoms with Crippen LogP contribution in [0.2, 0.25) is 0 Å². The number of para-hydroxylation sites is 1. The number of rotatable bonds is 6. The number of nitrogens with one attached hydrogen (secondary N) is 1. The first kappa shape index (κ1) is 14.4. The Hall–Kier alpha value is -1.02. The predicted octanol–water partition coefficient (Wildman–Crippen LogP) is 3.60. The zero-order valence-corrected chi connectivity index (χ0v) is 12.5. The Bertz CT molecular complexity index is 369. The Morgan fingerprint density at radius 3 is 2.63 bits per heavy atom. The van der Waals surface area contributed by atoms with Gasteiger partial charge in [0.25, 0.3) is 0 Å². The molecule has 0 atom stereocenters. The summed E-state index contributed by atoms with van der Waals surface area (Å²) < 4.78 is 0. The Labute approximate surface area is 118 Å². The number of aryl methyl sites for hydroxylation is 1. The van der Waals surface area contributed by atoms with Crippen LogP contribution in [0.1, 0.15) is 38.2 Å². The molecule has 1 aromatic carbocycles. The summed E-state index contributed by atoms with van der Waals surface area (Å²) in [5.74, 6) is 0.955. The lowest BCUT2D eigenvalue weighted by molar-refractivity contribution is 0.347. The summed E-state index contributed by atoms with van der Waals surface area (Å²) >= 11 is 0. The summed E-state index contributed by atoms with van der Waals surface area (Å²) in [4.78, 5) is 2.52. The Morgan fingerprint density at radius 1 is 1.21 bits per heavy atom. The quantitative estimate of drug-likeness (QED) is 0.840. The van der Waals surface area contributed by atoms with Crippen molar-refractivity contribution in [3.63, 3.8) is 0 Å². The molecule has 1 aliphatic rings. The van der Waals surface area contributed by atoms with Crippen LogP contribution in [0.15, 0.2) is 24.3 Å². The van der Waals surface area contributed by atoms with Crippen LogP contribution >= 0.6 is 0 Å². The van der Waals surface area contributed by atoms with Gasteiger partial charge in [-0.15, -0.1) is 0 Å². The topological polar surface area (TPSA) is 15.3 Å². The van der Waals surface area contributed by atoms with Crippen molar-refractivity contribution in [3.8, 4) is 0 Å². The van der Waals surface area contributed by atoms with Crippen molar-refractivity contribution in [3.05, 3.63) is 29.8 Å². The average Bonchev–Trinajstić information content (AvgIpc) is 2.46. The largest absolute Gasteiger partial charge is 0.372 e. The van der Waals surface area contributed by atoms with Gasteiger partial charge in [0.2, 0.25) is 0 Å². The van der Waals surface area contributed by atoms with Gasteiger partial charge in [0, 0.05) is 18.8 Å². The van der Waals surface area contributed by atoms with E-state index < -0.39 is 0 Å². The van der Waals surface area contributed by atoms with Gasteiger partial charge in [-0.2, -0.15) is 0 Å². The molecular formula is C17H28N2. The molecule has 0 bridgehead atoms. The molecule has 2 rings (SSSR count). The number of anilines is 1. The minimum absolute atomic E-state index is 0.955. The molecule has 2 nitrogen and oxygen atoms in total. The first-order valence-electron chi connectivity index (χ1n) is 7.82. The van der Waals surface area contributed by atoms with E-state index in [1.54, 1.807) is 0 Å². The number of piperidine rings is 1. The molecule has 1 saturated heterocycles. The first-order chi connectivity index (χ1) is 9.31. The fourth-order valence-corrected chi connectivity index (χ4v) is 3.11. The van der Waals surface area contributed by atoms with Gasteiger partial charge in [-0.25, -0.2) is 0 Å². The van der Waals surface area contributed by atoms with Gasteiger partial charge in [-0.3, -0.25) is 0 Å². The standard InChI is InChI=1S/C17H28N2/c1-3-19(17-9-5-4-7-15(17)2)14-6-8-16-10-12-18-13-11-16/h4-5,7,9,16,18H,3,6,8,10-14H2,1-2H3. The second-order valence-electron chi connectivity index (χ2n) is 5.70. The molecule has 19 heavy (non-hydrogen) atoms. The predicted molar refractivity (Wildman–Crippen MR) is 83.9 cm³/mol. The number of hydrogen-bond donors (Lipinski definition) is 1. The third-order valence-electron chi connectivity index (χ3n) is 4.34. The number of benzene rings is 1. The van der Waals surface area contributed by atoms with Gasteiger partial charge in [0.15, 0.2) is 0 Å². The Balaban J connectivity index is 1.81. The highest BCUT2D eigenvalue weighted by molar-refractivity contribution is 5.52. The highest BCUT2D eigenvalue weighted by atomic mass is 15.1. The van der Waals surface area contributed by atoms with Crippen molar-refractivity contribution in [1.82, 2.24) is 5.32 Å². The maximum Gasteiger partial charge on any atom is 0.0395 e. The molecule has 1 N–H and O–H groups in total. The van der Waals surface area contributed by atoms with E-state index in [2.05, 4.69) is 48.3 Å². The molecule has 1 aliphatic heterocycles. The fraction of sp³-hybridized carbons (Fsp3) is 0.647. The Morgan fingerprint density at radius 2 is 1.95 bits per heavy atom. The zero-order valence-electron chi connectivity index (χ0n) is 12.5. The first-order valence-corrected chi connectivity index (χ1v) is 7.82. The van der Waals surface area contributed by atoms with Crippen LogP contribution in [0, 0.1) is 12.8 Å². The van der Waals surface area contributed by atoms with Crippen LogP contribution in [-0.2, 0) is 0 Å². The summed E-state index contributed by atoms with van der Waals surface area (Å²) in [6, 6.07) is 8.74. The van der Waals surface area contributed by atoms with Crippen LogP contribution < -0.4 is 10.2 Å². The molecule has 1 fully saturated rings. The van der Waals surface area contributed by atoms with Crippen LogP contribution in [-0.4, -0.2) is 26.2 Å². The fourth-order valence-electron chi connectivity index (χ4n) is 3.11. The summed E-state index contributed by atoms with van der Waals surface area (Å²) in [6.45, 7) is 9.23. The molecule has 2 heteroatoms. The minimum Gasteiger partial charge on any atom is -0.372 e. The summed E-state index contributed by atoms with van der Waals surface area (Å²) in [5, 5.41) is 3.45. The molecule has 0 saturated carbocycles. The van der Waals surface area contributed by atoms with Gasteiger partial charge in [-0.1, -0.05) is 18.2 Å². The van der Waals surface area contributed by atoms with E-state index in [-0.39, 0.29) is 0 Å². The van der Waals surface area contributed by atoms with Crippen molar-refractivity contribution in [2.75, 3.05) is 31.1 Å². The molecule has 0 aliphatic carbocycles. The molecule has 0 spiro atoms. The monoisotopic (exact) mass is 260 g/mol. The maximum atomic E-state index is 3.45. The van der Waals surface area contributed by atoms with Crippen molar-refractivity contribution < 1.29 is 0 Å². The number of nitrogens with zero attached hydrogens (tertiary/aromatic N) is 1. The van der Waals surface area contributed by atoms with E-state index in [0.29, 0.717) is 0 Å². The second-order valence-corrected chi connectivity index (χ2v) is 5.70. The van der Waals surface area contributed by atoms with Crippen LogP contribution in [0.5, 0.6) is 0 Å².